The second-order valence-corrected chi connectivity index (χ2v) is 6.46. The molecule has 8 nitrogen and oxygen atoms in total. The first-order valence-electron chi connectivity index (χ1n) is 10.2. The lowest BCUT2D eigenvalue weighted by molar-refractivity contribution is 0.0162. The molecule has 4 N–H and O–H groups in total. The lowest BCUT2D eigenvalue weighted by Crippen LogP contribution is -2.28. The lowest BCUT2D eigenvalue weighted by atomic mass is 10.2. The van der Waals surface area contributed by atoms with Crippen molar-refractivity contribution in [3.63, 3.8) is 0 Å². The zero-order chi connectivity index (χ0) is 22.8. The summed E-state index contributed by atoms with van der Waals surface area (Å²) >= 11 is 0. The highest BCUT2D eigenvalue weighted by Gasteiger charge is 2.24. The predicted molar refractivity (Wildman–Crippen MR) is 118 cm³/mol. The van der Waals surface area contributed by atoms with E-state index in [2.05, 4.69) is 15.8 Å². The van der Waals surface area contributed by atoms with Crippen LogP contribution in [0.4, 0.5) is 15.8 Å². The van der Waals surface area contributed by atoms with Crippen LogP contribution in [0.3, 0.4) is 0 Å². The van der Waals surface area contributed by atoms with Gasteiger partial charge in [-0.05, 0) is 37.1 Å². The van der Waals surface area contributed by atoms with E-state index in [9.17, 15) is 14.3 Å². The summed E-state index contributed by atoms with van der Waals surface area (Å²) in [6, 6.07) is 6.50. The van der Waals surface area contributed by atoms with E-state index in [1.54, 1.807) is 42.1 Å². The van der Waals surface area contributed by atoms with Gasteiger partial charge in [0.1, 0.15) is 11.5 Å². The van der Waals surface area contributed by atoms with Crippen molar-refractivity contribution < 1.29 is 24.2 Å². The molecule has 0 saturated carbocycles. The molecule has 0 atom stereocenters. The van der Waals surface area contributed by atoms with Crippen LogP contribution >= 0.6 is 0 Å². The number of carbonyl (C=O) groups is 1. The van der Waals surface area contributed by atoms with Gasteiger partial charge in [-0.2, -0.15) is 0 Å². The van der Waals surface area contributed by atoms with E-state index in [1.807, 2.05) is 13.8 Å². The largest absolute Gasteiger partial charge is 0.396 e. The zero-order valence-corrected chi connectivity index (χ0v) is 18.0. The Morgan fingerprint density at radius 3 is 2.68 bits per heavy atom. The van der Waals surface area contributed by atoms with Gasteiger partial charge in [-0.15, -0.1) is 0 Å². The minimum Gasteiger partial charge on any atom is -0.396 e. The first kappa shape index (κ1) is 24.3. The number of pyridine rings is 1. The number of aryl methyl sites for hydroxylation is 2. The minimum absolute atomic E-state index is 0.0534. The van der Waals surface area contributed by atoms with E-state index < -0.39 is 11.7 Å². The third-order valence-electron chi connectivity index (χ3n) is 4.36. The normalized spacial score (nSPS) is 10.5. The number of nitrogens with one attached hydrogen (secondary N) is 2. The summed E-state index contributed by atoms with van der Waals surface area (Å²) in [6.45, 7) is 5.77. The van der Waals surface area contributed by atoms with E-state index in [1.165, 1.54) is 6.07 Å². The number of rotatable bonds is 9. The highest BCUT2D eigenvalue weighted by Crippen LogP contribution is 2.34. The molecule has 1 amide bonds. The number of nitrogens with zero attached hydrogens (tertiary/aromatic N) is 2. The quantitative estimate of drug-likeness (QED) is 0.305. The topological polar surface area (TPSA) is 109 Å². The van der Waals surface area contributed by atoms with Gasteiger partial charge in [0.2, 0.25) is 0 Å². The number of aliphatic hydroxyl groups excluding tert-OH is 2. The van der Waals surface area contributed by atoms with Crippen molar-refractivity contribution in [3.8, 4) is 0 Å². The molecular formula is C22H29FN4O4. The average Bonchev–Trinajstić information content (AvgIpc) is 3.09. The molecule has 3 rings (SSSR count). The van der Waals surface area contributed by atoms with Crippen LogP contribution in [0.1, 0.15) is 36.3 Å². The van der Waals surface area contributed by atoms with Crippen LogP contribution < -0.4 is 10.8 Å². The number of halogens is 1. The summed E-state index contributed by atoms with van der Waals surface area (Å²) in [4.78, 5) is 22.0. The number of amides is 1. The third-order valence-corrected chi connectivity index (χ3v) is 4.36. The summed E-state index contributed by atoms with van der Waals surface area (Å²) in [6.07, 6.45) is 3.60. The Morgan fingerprint density at radius 1 is 1.23 bits per heavy atom. The Balaban J connectivity index is 0.00000166. The molecule has 9 heteroatoms. The standard InChI is InChI=1S/C20H23FN4O4.C2H6/c1-13-3-4-16(15(21)11-13)23-18-14-12-22-6-5-17(14)25(7-2-8-26)19(18)20(28)24-29-10-9-27;1-2/h3-6,11-12,23,26-27H,2,7-10H2,1H3,(H,24,28);1-2H3. The summed E-state index contributed by atoms with van der Waals surface area (Å²) in [7, 11) is 0. The Bertz CT molecular complexity index is 1010. The molecule has 0 radical (unpaired) electrons. The highest BCUT2D eigenvalue weighted by molar-refractivity contribution is 6.09. The number of benzene rings is 1. The van der Waals surface area contributed by atoms with Crippen molar-refractivity contribution in [1.82, 2.24) is 15.0 Å². The number of hydrogen-bond donors (Lipinski definition) is 4. The van der Waals surface area contributed by atoms with Crippen LogP contribution in [0, 0.1) is 12.7 Å². The molecule has 0 bridgehead atoms. The Kier molecular flexibility index (Phi) is 9.39. The van der Waals surface area contributed by atoms with Gasteiger partial charge in [0, 0.05) is 30.9 Å². The van der Waals surface area contributed by atoms with Crippen LogP contribution in [-0.2, 0) is 11.4 Å². The van der Waals surface area contributed by atoms with Crippen molar-refractivity contribution >= 4 is 28.2 Å². The molecule has 168 valence electrons. The van der Waals surface area contributed by atoms with Crippen LogP contribution in [0.2, 0.25) is 0 Å². The maximum atomic E-state index is 14.5. The number of anilines is 2. The van der Waals surface area contributed by atoms with E-state index >= 15 is 0 Å². The Labute approximate surface area is 180 Å². The van der Waals surface area contributed by atoms with E-state index in [0.29, 0.717) is 29.6 Å². The molecule has 0 unspecified atom stereocenters. The molecule has 31 heavy (non-hydrogen) atoms. The molecule has 2 aromatic heterocycles. The van der Waals surface area contributed by atoms with Crippen molar-refractivity contribution in [2.45, 2.75) is 33.7 Å². The number of hydroxylamine groups is 1. The maximum Gasteiger partial charge on any atom is 0.293 e. The number of aliphatic hydroxyl groups is 2. The maximum absolute atomic E-state index is 14.5. The second kappa shape index (κ2) is 12.0. The van der Waals surface area contributed by atoms with Crippen molar-refractivity contribution in [2.75, 3.05) is 25.1 Å². The first-order chi connectivity index (χ1) is 15.1. The molecule has 0 saturated heterocycles. The Morgan fingerprint density at radius 2 is 2.00 bits per heavy atom. The van der Waals surface area contributed by atoms with Gasteiger partial charge in [-0.3, -0.25) is 14.6 Å². The molecule has 0 aliphatic carbocycles. The number of carbonyl (C=O) groups excluding carboxylic acids is 1. The van der Waals surface area contributed by atoms with Gasteiger partial charge in [0.05, 0.1) is 30.1 Å². The zero-order valence-electron chi connectivity index (χ0n) is 18.0. The van der Waals surface area contributed by atoms with Crippen LogP contribution in [-0.4, -0.2) is 45.5 Å². The van der Waals surface area contributed by atoms with Gasteiger partial charge in [-0.25, -0.2) is 9.87 Å². The van der Waals surface area contributed by atoms with E-state index in [-0.39, 0.29) is 31.2 Å². The monoisotopic (exact) mass is 432 g/mol. The van der Waals surface area contributed by atoms with Crippen molar-refractivity contribution in [1.29, 1.82) is 0 Å². The molecule has 0 aliphatic rings. The summed E-state index contributed by atoms with van der Waals surface area (Å²) in [5.74, 6) is -1.02. The SMILES string of the molecule is CC.Cc1ccc(Nc2c(C(=O)NOCCO)n(CCCO)c3ccncc23)c(F)c1. The molecule has 2 heterocycles. The number of aromatic nitrogens is 2. The molecule has 0 fully saturated rings. The van der Waals surface area contributed by atoms with Gasteiger partial charge < -0.3 is 20.1 Å². The smallest absolute Gasteiger partial charge is 0.293 e. The van der Waals surface area contributed by atoms with Gasteiger partial charge in [-0.1, -0.05) is 19.9 Å². The van der Waals surface area contributed by atoms with Gasteiger partial charge >= 0.3 is 0 Å². The lowest BCUT2D eigenvalue weighted by Gasteiger charge is -2.13. The fourth-order valence-electron chi connectivity index (χ4n) is 3.09. The van der Waals surface area contributed by atoms with E-state index in [0.717, 1.165) is 5.56 Å². The van der Waals surface area contributed by atoms with Crippen LogP contribution in [0.25, 0.3) is 10.9 Å². The fourth-order valence-corrected chi connectivity index (χ4v) is 3.09. The average molecular weight is 432 g/mol. The molecule has 3 aromatic rings. The van der Waals surface area contributed by atoms with Crippen LogP contribution in [0.5, 0.6) is 0 Å². The fraction of sp³-hybridized carbons (Fsp3) is 0.364. The summed E-state index contributed by atoms with van der Waals surface area (Å²) in [5.41, 5.74) is 4.56. The predicted octanol–water partition coefficient (Wildman–Crippen LogP) is 3.29. The van der Waals surface area contributed by atoms with Gasteiger partial charge in [0.25, 0.3) is 5.91 Å². The number of fused-ring (bicyclic) bond motifs is 1. The molecule has 0 aliphatic heterocycles. The van der Waals surface area contributed by atoms with Crippen molar-refractivity contribution in [2.24, 2.45) is 0 Å². The van der Waals surface area contributed by atoms with Crippen molar-refractivity contribution in [3.05, 3.63) is 53.7 Å². The Hall–Kier alpha value is -3.01. The minimum atomic E-state index is -0.567. The third kappa shape index (κ3) is 5.78. The highest BCUT2D eigenvalue weighted by atomic mass is 19.1. The second-order valence-electron chi connectivity index (χ2n) is 6.46. The molecule has 1 aromatic carbocycles. The molecular weight excluding hydrogens is 403 g/mol. The van der Waals surface area contributed by atoms with E-state index in [4.69, 9.17) is 9.94 Å². The van der Waals surface area contributed by atoms with Gasteiger partial charge in [0.15, 0.2) is 0 Å². The first-order valence-corrected chi connectivity index (χ1v) is 10.2. The number of hydrogen-bond acceptors (Lipinski definition) is 6. The summed E-state index contributed by atoms with van der Waals surface area (Å²) < 4.78 is 16.2. The van der Waals surface area contributed by atoms with Crippen LogP contribution in [0.15, 0.2) is 36.7 Å². The summed E-state index contributed by atoms with van der Waals surface area (Å²) in [5, 5.41) is 21.8. The molecule has 0 spiro atoms.